The van der Waals surface area contributed by atoms with Crippen molar-refractivity contribution in [3.63, 3.8) is 0 Å². The zero-order valence-electron chi connectivity index (χ0n) is 12.9. The van der Waals surface area contributed by atoms with Gasteiger partial charge in [0, 0.05) is 12.4 Å². The van der Waals surface area contributed by atoms with Gasteiger partial charge in [0.05, 0.1) is 11.4 Å². The molecular weight excluding hydrogens is 268 g/mol. The number of aromatic nitrogens is 2. The van der Waals surface area contributed by atoms with E-state index in [0.29, 0.717) is 5.92 Å². The molecule has 1 aliphatic rings. The topological polar surface area (TPSA) is 25.8 Å². The van der Waals surface area contributed by atoms with E-state index >= 15 is 0 Å². The maximum Gasteiger partial charge on any atom is 0.0632 e. The maximum absolute atomic E-state index is 4.39. The molecule has 2 heteroatoms. The quantitative estimate of drug-likeness (QED) is 0.783. The van der Waals surface area contributed by atoms with E-state index in [-0.39, 0.29) is 0 Å². The SMILES string of the molecule is C=C1/C(=C/c2ccccn2)CC(C)C/C1=C\c1ccccn1. The summed E-state index contributed by atoms with van der Waals surface area (Å²) in [5.41, 5.74) is 5.66. The first-order chi connectivity index (χ1) is 10.7. The predicted molar refractivity (Wildman–Crippen MR) is 92.0 cm³/mol. The Morgan fingerprint density at radius 2 is 1.41 bits per heavy atom. The average Bonchev–Trinajstić information content (AvgIpc) is 2.54. The lowest BCUT2D eigenvalue weighted by Crippen LogP contribution is -2.10. The molecule has 2 aromatic heterocycles. The molecule has 0 amide bonds. The molecule has 22 heavy (non-hydrogen) atoms. The molecule has 2 heterocycles. The van der Waals surface area contributed by atoms with Crippen molar-refractivity contribution < 1.29 is 0 Å². The molecule has 0 aromatic carbocycles. The fourth-order valence-corrected chi connectivity index (χ4v) is 2.85. The second-order valence-electron chi connectivity index (χ2n) is 5.84. The molecule has 2 nitrogen and oxygen atoms in total. The van der Waals surface area contributed by atoms with Crippen molar-refractivity contribution in [1.82, 2.24) is 9.97 Å². The number of hydrogen-bond acceptors (Lipinski definition) is 2. The van der Waals surface area contributed by atoms with Crippen LogP contribution in [0.4, 0.5) is 0 Å². The van der Waals surface area contributed by atoms with Crippen molar-refractivity contribution in [3.8, 4) is 0 Å². The Balaban J connectivity index is 1.92. The van der Waals surface area contributed by atoms with E-state index in [2.05, 4.69) is 35.6 Å². The molecule has 1 fully saturated rings. The largest absolute Gasteiger partial charge is 0.257 e. The molecule has 0 bridgehead atoms. The van der Waals surface area contributed by atoms with Crippen LogP contribution in [-0.4, -0.2) is 9.97 Å². The molecule has 0 aliphatic heterocycles. The van der Waals surface area contributed by atoms with E-state index in [1.807, 2.05) is 48.8 Å². The van der Waals surface area contributed by atoms with Gasteiger partial charge in [-0.2, -0.15) is 0 Å². The first-order valence-electron chi connectivity index (χ1n) is 7.65. The monoisotopic (exact) mass is 288 g/mol. The van der Waals surface area contributed by atoms with E-state index in [9.17, 15) is 0 Å². The molecule has 110 valence electrons. The second-order valence-corrected chi connectivity index (χ2v) is 5.84. The van der Waals surface area contributed by atoms with Crippen LogP contribution in [-0.2, 0) is 0 Å². The minimum atomic E-state index is 0.607. The highest BCUT2D eigenvalue weighted by Crippen LogP contribution is 2.37. The Morgan fingerprint density at radius 3 is 1.82 bits per heavy atom. The van der Waals surface area contributed by atoms with Gasteiger partial charge in [-0.25, -0.2) is 0 Å². The van der Waals surface area contributed by atoms with Crippen molar-refractivity contribution in [2.24, 2.45) is 5.92 Å². The Bertz CT molecular complexity index is 650. The standard InChI is InChI=1S/C20H20N2/c1-15-11-17(13-19-7-3-5-9-21-19)16(2)18(12-15)14-20-8-4-6-10-22-20/h3-10,13-15H,2,11-12H2,1H3/b17-13+,18-14+. The zero-order chi connectivity index (χ0) is 15.4. The normalized spacial score (nSPS) is 22.2. The summed E-state index contributed by atoms with van der Waals surface area (Å²) in [4.78, 5) is 8.78. The molecule has 3 rings (SSSR count). The van der Waals surface area contributed by atoms with E-state index in [4.69, 9.17) is 0 Å². The molecule has 0 N–H and O–H groups in total. The van der Waals surface area contributed by atoms with Crippen LogP contribution in [0.2, 0.25) is 0 Å². The molecule has 0 saturated heterocycles. The fraction of sp³-hybridized carbons (Fsp3) is 0.200. The number of pyridine rings is 2. The van der Waals surface area contributed by atoms with Crippen molar-refractivity contribution in [2.45, 2.75) is 19.8 Å². The number of rotatable bonds is 2. The van der Waals surface area contributed by atoms with Crippen molar-refractivity contribution >= 4 is 12.2 Å². The molecule has 0 radical (unpaired) electrons. The summed E-state index contributed by atoms with van der Waals surface area (Å²) in [7, 11) is 0. The van der Waals surface area contributed by atoms with Crippen LogP contribution in [0.5, 0.6) is 0 Å². The van der Waals surface area contributed by atoms with Gasteiger partial charge in [0.15, 0.2) is 0 Å². The first-order valence-corrected chi connectivity index (χ1v) is 7.65. The van der Waals surface area contributed by atoms with Gasteiger partial charge in [-0.1, -0.05) is 25.6 Å². The lowest BCUT2D eigenvalue weighted by Gasteiger charge is -2.26. The molecule has 2 aromatic rings. The Morgan fingerprint density at radius 1 is 0.909 bits per heavy atom. The Labute approximate surface area is 132 Å². The summed E-state index contributed by atoms with van der Waals surface area (Å²) in [5, 5.41) is 0. The van der Waals surface area contributed by atoms with Crippen LogP contribution in [0.15, 0.2) is 72.1 Å². The highest BCUT2D eigenvalue weighted by molar-refractivity contribution is 5.67. The van der Waals surface area contributed by atoms with Crippen molar-refractivity contribution in [3.05, 3.63) is 83.5 Å². The highest BCUT2D eigenvalue weighted by atomic mass is 14.7. The highest BCUT2D eigenvalue weighted by Gasteiger charge is 2.20. The lowest BCUT2D eigenvalue weighted by molar-refractivity contribution is 0.558. The van der Waals surface area contributed by atoms with Crippen LogP contribution < -0.4 is 0 Å². The van der Waals surface area contributed by atoms with Crippen LogP contribution in [0.25, 0.3) is 12.2 Å². The van der Waals surface area contributed by atoms with E-state index in [1.54, 1.807) is 0 Å². The fourth-order valence-electron chi connectivity index (χ4n) is 2.85. The molecule has 1 saturated carbocycles. The van der Waals surface area contributed by atoms with Crippen LogP contribution >= 0.6 is 0 Å². The van der Waals surface area contributed by atoms with E-state index in [1.165, 1.54) is 11.1 Å². The summed E-state index contributed by atoms with van der Waals surface area (Å²) >= 11 is 0. The first kappa shape index (κ1) is 14.5. The summed E-state index contributed by atoms with van der Waals surface area (Å²) < 4.78 is 0. The molecule has 0 spiro atoms. The molecule has 0 unspecified atom stereocenters. The van der Waals surface area contributed by atoms with Crippen LogP contribution in [0.1, 0.15) is 31.2 Å². The number of nitrogens with zero attached hydrogens (tertiary/aromatic N) is 2. The second kappa shape index (κ2) is 6.52. The Kier molecular flexibility index (Phi) is 4.29. The molecule has 0 atom stereocenters. The van der Waals surface area contributed by atoms with Gasteiger partial charge in [0.1, 0.15) is 0 Å². The summed E-state index contributed by atoms with van der Waals surface area (Å²) in [6.07, 6.45) is 10.1. The smallest absolute Gasteiger partial charge is 0.0632 e. The van der Waals surface area contributed by atoms with Gasteiger partial charge < -0.3 is 0 Å². The average molecular weight is 288 g/mol. The van der Waals surface area contributed by atoms with Crippen LogP contribution in [0, 0.1) is 5.92 Å². The Hall–Kier alpha value is -2.48. The summed E-state index contributed by atoms with van der Waals surface area (Å²) in [5.74, 6) is 0.607. The van der Waals surface area contributed by atoms with Gasteiger partial charge in [-0.15, -0.1) is 0 Å². The lowest BCUT2D eigenvalue weighted by atomic mass is 9.79. The molecule has 1 aliphatic carbocycles. The van der Waals surface area contributed by atoms with Crippen molar-refractivity contribution in [2.75, 3.05) is 0 Å². The predicted octanol–water partition coefficient (Wildman–Crippen LogP) is 4.93. The van der Waals surface area contributed by atoms with Gasteiger partial charge in [0.25, 0.3) is 0 Å². The third-order valence-corrected chi connectivity index (χ3v) is 3.93. The van der Waals surface area contributed by atoms with E-state index < -0.39 is 0 Å². The number of hydrogen-bond donors (Lipinski definition) is 0. The van der Waals surface area contributed by atoms with Gasteiger partial charge >= 0.3 is 0 Å². The third kappa shape index (κ3) is 3.40. The maximum atomic E-state index is 4.39. The zero-order valence-corrected chi connectivity index (χ0v) is 12.9. The summed E-state index contributed by atoms with van der Waals surface area (Å²) in [6.45, 7) is 6.59. The minimum Gasteiger partial charge on any atom is -0.257 e. The third-order valence-electron chi connectivity index (χ3n) is 3.93. The van der Waals surface area contributed by atoms with Gasteiger partial charge in [-0.3, -0.25) is 9.97 Å². The molecular formula is C20H20N2. The van der Waals surface area contributed by atoms with Gasteiger partial charge in [-0.05, 0) is 71.9 Å². The number of allylic oxidation sites excluding steroid dienone is 3. The van der Waals surface area contributed by atoms with Gasteiger partial charge in [0.2, 0.25) is 0 Å². The van der Waals surface area contributed by atoms with Crippen LogP contribution in [0.3, 0.4) is 0 Å². The van der Waals surface area contributed by atoms with Crippen molar-refractivity contribution in [1.29, 1.82) is 0 Å². The summed E-state index contributed by atoms with van der Waals surface area (Å²) in [6, 6.07) is 12.0. The van der Waals surface area contributed by atoms with E-state index in [0.717, 1.165) is 29.8 Å². The minimum absolute atomic E-state index is 0.607.